The molecule has 0 unspecified atom stereocenters. The van der Waals surface area contributed by atoms with Gasteiger partial charge in [-0.2, -0.15) is 0 Å². The SMILES string of the molecule is N[n+]1ccc(C(=O)N2CCC(c3cccc(C4=CCCCC4)c3)CC2)cc1. The second-order valence-corrected chi connectivity index (χ2v) is 7.70. The monoisotopic (exact) mass is 362 g/mol. The van der Waals surface area contributed by atoms with Crippen LogP contribution in [0, 0.1) is 0 Å². The number of nitrogen functional groups attached to an aromatic ring is 1. The summed E-state index contributed by atoms with van der Waals surface area (Å²) in [6.45, 7) is 1.63. The summed E-state index contributed by atoms with van der Waals surface area (Å²) in [7, 11) is 0. The zero-order chi connectivity index (χ0) is 18.6. The summed E-state index contributed by atoms with van der Waals surface area (Å²) < 4.78 is 1.46. The number of piperidine rings is 1. The standard InChI is InChI=1S/C23H27N3O/c24-26-15-11-20(12-16-26)23(27)25-13-9-19(10-14-25)22-8-4-7-21(17-22)18-5-2-1-3-6-18/h4-5,7-8,11-12,15-17,19H,1-3,6,9-10,13-14H2,(H-,24,27)/p+1. The van der Waals surface area contributed by atoms with Crippen molar-refractivity contribution in [2.75, 3.05) is 18.9 Å². The molecule has 0 bridgehead atoms. The number of allylic oxidation sites excluding steroid dienone is 2. The van der Waals surface area contributed by atoms with Crippen LogP contribution in [0.15, 0.2) is 54.9 Å². The fourth-order valence-electron chi connectivity index (χ4n) is 4.27. The van der Waals surface area contributed by atoms with Crippen LogP contribution in [0.1, 0.15) is 65.9 Å². The van der Waals surface area contributed by atoms with Gasteiger partial charge >= 0.3 is 0 Å². The van der Waals surface area contributed by atoms with Crippen LogP contribution < -0.4 is 10.5 Å². The third-order valence-electron chi connectivity index (χ3n) is 5.90. The Balaban J connectivity index is 1.41. The van der Waals surface area contributed by atoms with Crippen molar-refractivity contribution >= 4 is 11.5 Å². The number of hydrogen-bond donors (Lipinski definition) is 1. The number of pyridine rings is 1. The van der Waals surface area contributed by atoms with Crippen molar-refractivity contribution in [1.29, 1.82) is 0 Å². The highest BCUT2D eigenvalue weighted by molar-refractivity contribution is 5.94. The summed E-state index contributed by atoms with van der Waals surface area (Å²) >= 11 is 0. The summed E-state index contributed by atoms with van der Waals surface area (Å²) in [5.41, 5.74) is 5.04. The number of likely N-dealkylation sites (tertiary alicyclic amines) is 1. The Morgan fingerprint density at radius 2 is 1.85 bits per heavy atom. The van der Waals surface area contributed by atoms with Crippen LogP contribution in [0.25, 0.3) is 5.57 Å². The quantitative estimate of drug-likeness (QED) is 0.669. The van der Waals surface area contributed by atoms with Crippen molar-refractivity contribution in [3.63, 3.8) is 0 Å². The van der Waals surface area contributed by atoms with E-state index in [0.717, 1.165) is 25.9 Å². The third kappa shape index (κ3) is 4.05. The van der Waals surface area contributed by atoms with Gasteiger partial charge in [0.1, 0.15) is 0 Å². The minimum absolute atomic E-state index is 0.107. The summed E-state index contributed by atoms with van der Waals surface area (Å²) in [5.74, 6) is 6.29. The molecule has 1 amide bonds. The molecule has 0 atom stereocenters. The average Bonchev–Trinajstić information content (AvgIpc) is 2.75. The van der Waals surface area contributed by atoms with Gasteiger partial charge in [-0.3, -0.25) is 4.79 Å². The highest BCUT2D eigenvalue weighted by Crippen LogP contribution is 2.32. The zero-order valence-corrected chi connectivity index (χ0v) is 15.8. The lowest BCUT2D eigenvalue weighted by atomic mass is 9.86. The predicted molar refractivity (Wildman–Crippen MR) is 108 cm³/mol. The van der Waals surface area contributed by atoms with E-state index >= 15 is 0 Å². The topological polar surface area (TPSA) is 50.2 Å². The van der Waals surface area contributed by atoms with Crippen molar-refractivity contribution in [3.05, 3.63) is 71.6 Å². The van der Waals surface area contributed by atoms with Crippen molar-refractivity contribution in [2.45, 2.75) is 44.4 Å². The molecule has 1 saturated heterocycles. The van der Waals surface area contributed by atoms with Crippen LogP contribution in [0.2, 0.25) is 0 Å². The molecule has 27 heavy (non-hydrogen) atoms. The molecule has 0 spiro atoms. The number of hydrogen-bond acceptors (Lipinski definition) is 2. The largest absolute Gasteiger partial charge is 0.339 e. The molecule has 4 heteroatoms. The Hall–Kier alpha value is -2.62. The van der Waals surface area contributed by atoms with E-state index < -0.39 is 0 Å². The van der Waals surface area contributed by atoms with Gasteiger partial charge in [-0.25, -0.2) is 5.84 Å². The van der Waals surface area contributed by atoms with Crippen molar-refractivity contribution < 1.29 is 9.47 Å². The Bertz CT molecular complexity index is 833. The van der Waals surface area contributed by atoms with Gasteiger partial charge in [0.2, 0.25) is 0 Å². The molecule has 140 valence electrons. The highest BCUT2D eigenvalue weighted by Gasteiger charge is 2.25. The Morgan fingerprint density at radius 1 is 1.07 bits per heavy atom. The molecule has 2 heterocycles. The fourth-order valence-corrected chi connectivity index (χ4v) is 4.27. The Kier molecular flexibility index (Phi) is 5.23. The molecule has 1 aliphatic carbocycles. The maximum absolute atomic E-state index is 12.7. The Labute approximate surface area is 161 Å². The summed E-state index contributed by atoms with van der Waals surface area (Å²) in [5, 5.41) is 0. The lowest BCUT2D eigenvalue weighted by Crippen LogP contribution is -2.44. The maximum atomic E-state index is 12.7. The van der Waals surface area contributed by atoms with Gasteiger partial charge in [0.25, 0.3) is 5.91 Å². The predicted octanol–water partition coefficient (Wildman–Crippen LogP) is 3.67. The molecule has 2 aliphatic rings. The number of rotatable bonds is 3. The van der Waals surface area contributed by atoms with Gasteiger partial charge in [-0.05, 0) is 61.1 Å². The van der Waals surface area contributed by atoms with Crippen LogP contribution in [-0.2, 0) is 0 Å². The number of nitrogens with zero attached hydrogens (tertiary/aromatic N) is 2. The van der Waals surface area contributed by atoms with E-state index in [1.165, 1.54) is 47.1 Å². The van der Waals surface area contributed by atoms with E-state index in [9.17, 15) is 4.79 Å². The normalized spacial score (nSPS) is 18.2. The number of aromatic nitrogens is 1. The van der Waals surface area contributed by atoms with Gasteiger partial charge in [-0.15, -0.1) is 0 Å². The molecule has 1 aliphatic heterocycles. The summed E-state index contributed by atoms with van der Waals surface area (Å²) in [4.78, 5) is 14.7. The maximum Gasteiger partial charge on any atom is 0.254 e. The summed E-state index contributed by atoms with van der Waals surface area (Å²) in [6.07, 6.45) is 12.9. The molecule has 0 radical (unpaired) electrons. The van der Waals surface area contributed by atoms with Gasteiger partial charge in [0, 0.05) is 25.2 Å². The lowest BCUT2D eigenvalue weighted by molar-refractivity contribution is -0.638. The van der Waals surface area contributed by atoms with E-state index in [0.29, 0.717) is 11.5 Å². The van der Waals surface area contributed by atoms with Crippen LogP contribution in [0.4, 0.5) is 0 Å². The van der Waals surface area contributed by atoms with Gasteiger partial charge in [-0.1, -0.05) is 35.0 Å². The highest BCUT2D eigenvalue weighted by atomic mass is 16.2. The van der Waals surface area contributed by atoms with Crippen molar-refractivity contribution in [1.82, 2.24) is 4.90 Å². The first-order chi connectivity index (χ1) is 13.2. The molecule has 0 saturated carbocycles. The first-order valence-electron chi connectivity index (χ1n) is 10.1. The fraction of sp³-hybridized carbons (Fsp3) is 0.391. The van der Waals surface area contributed by atoms with E-state index in [-0.39, 0.29) is 5.91 Å². The minimum atomic E-state index is 0.107. The van der Waals surface area contributed by atoms with E-state index in [1.807, 2.05) is 4.90 Å². The number of carbonyl (C=O) groups is 1. The molecule has 4 nitrogen and oxygen atoms in total. The van der Waals surface area contributed by atoms with E-state index in [2.05, 4.69) is 30.3 Å². The average molecular weight is 362 g/mol. The molecule has 1 fully saturated rings. The molecule has 2 aromatic rings. The molecule has 4 rings (SSSR count). The second kappa shape index (κ2) is 7.95. The number of carbonyl (C=O) groups excluding carboxylic acids is 1. The third-order valence-corrected chi connectivity index (χ3v) is 5.90. The van der Waals surface area contributed by atoms with Crippen molar-refractivity contribution in [3.8, 4) is 0 Å². The van der Waals surface area contributed by atoms with Crippen LogP contribution in [0.3, 0.4) is 0 Å². The zero-order valence-electron chi connectivity index (χ0n) is 15.8. The number of benzene rings is 1. The van der Waals surface area contributed by atoms with Gasteiger partial charge in [0.05, 0.1) is 5.56 Å². The molecular formula is C23H28N3O+. The molecule has 2 N–H and O–H groups in total. The molecular weight excluding hydrogens is 334 g/mol. The first-order valence-corrected chi connectivity index (χ1v) is 10.1. The van der Waals surface area contributed by atoms with Crippen LogP contribution in [-0.4, -0.2) is 23.9 Å². The van der Waals surface area contributed by atoms with Crippen molar-refractivity contribution in [2.24, 2.45) is 0 Å². The van der Waals surface area contributed by atoms with E-state index in [4.69, 9.17) is 5.84 Å². The molecule has 1 aromatic heterocycles. The molecule has 1 aromatic carbocycles. The number of nitrogens with two attached hydrogens (primary N) is 1. The van der Waals surface area contributed by atoms with Crippen LogP contribution in [0.5, 0.6) is 0 Å². The lowest BCUT2D eigenvalue weighted by Gasteiger charge is -2.32. The van der Waals surface area contributed by atoms with Gasteiger partial charge < -0.3 is 4.90 Å². The number of amides is 1. The second-order valence-electron chi connectivity index (χ2n) is 7.70. The summed E-state index contributed by atoms with van der Waals surface area (Å²) in [6, 6.07) is 12.7. The van der Waals surface area contributed by atoms with E-state index in [1.54, 1.807) is 24.5 Å². The Morgan fingerprint density at radius 3 is 2.56 bits per heavy atom. The minimum Gasteiger partial charge on any atom is -0.339 e. The first kappa shape index (κ1) is 17.8. The van der Waals surface area contributed by atoms with Gasteiger partial charge in [0.15, 0.2) is 12.4 Å². The van der Waals surface area contributed by atoms with Crippen LogP contribution >= 0.6 is 0 Å². The smallest absolute Gasteiger partial charge is 0.254 e.